The van der Waals surface area contributed by atoms with E-state index in [2.05, 4.69) is 41.6 Å². The van der Waals surface area contributed by atoms with Gasteiger partial charge in [-0.1, -0.05) is 59.5 Å². The number of guanidine groups is 2. The van der Waals surface area contributed by atoms with Crippen LogP contribution >= 0.6 is 15.9 Å². The number of rotatable bonds is 6. The van der Waals surface area contributed by atoms with Crippen LogP contribution in [0.25, 0.3) is 0 Å². The molecule has 1 saturated carbocycles. The number of amides is 1. The molecule has 0 heterocycles. The molecule has 1 fully saturated rings. The molecule has 0 unspecified atom stereocenters. The minimum absolute atomic E-state index is 0.0104. The van der Waals surface area contributed by atoms with E-state index in [1.54, 1.807) is 29.2 Å². The molecule has 10 nitrogen and oxygen atoms in total. The van der Waals surface area contributed by atoms with E-state index in [4.69, 9.17) is 11.6 Å². The lowest BCUT2D eigenvalue weighted by molar-refractivity contribution is -0.347. The van der Waals surface area contributed by atoms with Crippen molar-refractivity contribution in [2.45, 2.75) is 50.7 Å². The largest absolute Gasteiger partial charge is 0.416 e. The highest BCUT2D eigenvalue weighted by Crippen LogP contribution is 2.35. The third-order valence-electron chi connectivity index (χ3n) is 7.11. The number of nitrogens with zero attached hydrogens (tertiary/aromatic N) is 5. The van der Waals surface area contributed by atoms with Gasteiger partial charge < -0.3 is 4.90 Å². The molecule has 0 bridgehead atoms. The number of hydrogen-bond donors (Lipinski definition) is 4. The molecule has 14 heteroatoms. The highest BCUT2D eigenvalue weighted by atomic mass is 79.9. The first kappa shape index (κ1) is 32.2. The van der Waals surface area contributed by atoms with Gasteiger partial charge in [-0.05, 0) is 72.4 Å². The van der Waals surface area contributed by atoms with Gasteiger partial charge in [0, 0.05) is 15.4 Å². The fraction of sp³-hybridized carbons (Fsp3) is 0.267. The van der Waals surface area contributed by atoms with E-state index in [0.29, 0.717) is 17.2 Å². The summed E-state index contributed by atoms with van der Waals surface area (Å²) >= 11 is 3.13. The van der Waals surface area contributed by atoms with Crippen molar-refractivity contribution in [2.24, 2.45) is 26.9 Å². The molecule has 0 saturated heterocycles. The van der Waals surface area contributed by atoms with Crippen LogP contribution in [-0.4, -0.2) is 17.8 Å². The highest BCUT2D eigenvalue weighted by molar-refractivity contribution is 9.10. The summed E-state index contributed by atoms with van der Waals surface area (Å²) in [5.41, 5.74) is 7.51. The smallest absolute Gasteiger partial charge is 0.307 e. The SMILES string of the molecule is N#CNC(=Nc1cc(Br)cc(C(F)(F)F)c1)N(Cc1ccc(C(=O)[NH+]=C(N)/N=N\N)cc1)c1ccc(C2CCCCC2)cc1. The lowest BCUT2D eigenvalue weighted by Crippen LogP contribution is -2.79. The maximum atomic E-state index is 13.5. The standard InChI is InChI=1S/C30H29BrF3N9O/c31-24-14-23(30(32,33)34)15-25(16-24)39-29(38-18-35)43(26-12-10-21(11-13-26)20-4-2-1-3-5-20)17-19-6-8-22(9-7-19)27(44)40-28(36)41-42-37/h6-16,20H,1-5,17H2,(H,38,39)(H4,36,37,40,41,44)/p+1. The zero-order valence-corrected chi connectivity index (χ0v) is 25.1. The Morgan fingerprint density at radius 1 is 1.07 bits per heavy atom. The first-order valence-corrected chi connectivity index (χ1v) is 14.5. The minimum atomic E-state index is -4.59. The fourth-order valence-electron chi connectivity index (χ4n) is 5.00. The van der Waals surface area contributed by atoms with Gasteiger partial charge in [-0.25, -0.2) is 9.98 Å². The van der Waals surface area contributed by atoms with Crippen molar-refractivity contribution in [3.63, 3.8) is 0 Å². The number of hydrogen-bond acceptors (Lipinski definition) is 4. The predicted molar refractivity (Wildman–Crippen MR) is 163 cm³/mol. The third-order valence-corrected chi connectivity index (χ3v) is 7.57. The van der Waals surface area contributed by atoms with Crippen LogP contribution in [0.1, 0.15) is 65.1 Å². The molecule has 6 N–H and O–H groups in total. The quantitative estimate of drug-likeness (QED) is 0.0541. The van der Waals surface area contributed by atoms with E-state index in [1.807, 2.05) is 30.5 Å². The molecule has 0 aliphatic heterocycles. The number of alkyl halides is 3. The number of anilines is 1. The molecule has 1 amide bonds. The number of aliphatic imine (C=N–C) groups is 1. The second-order valence-corrected chi connectivity index (χ2v) is 11.0. The summed E-state index contributed by atoms with van der Waals surface area (Å²) in [7, 11) is 0. The highest BCUT2D eigenvalue weighted by Gasteiger charge is 2.31. The maximum absolute atomic E-state index is 13.5. The van der Waals surface area contributed by atoms with Crippen molar-refractivity contribution in [1.29, 1.82) is 5.26 Å². The summed E-state index contributed by atoms with van der Waals surface area (Å²) in [6, 6.07) is 17.7. The van der Waals surface area contributed by atoms with E-state index in [0.717, 1.165) is 25.0 Å². The Kier molecular flexibility index (Phi) is 10.7. The molecule has 1 aliphatic rings. The number of nitrogens with one attached hydrogen (secondary N) is 2. The van der Waals surface area contributed by atoms with Crippen molar-refractivity contribution >= 4 is 45.1 Å². The van der Waals surface area contributed by atoms with Crippen molar-refractivity contribution in [2.75, 3.05) is 4.90 Å². The number of nitrogens with two attached hydrogens (primary N) is 2. The molecule has 3 aromatic carbocycles. The molecule has 0 radical (unpaired) electrons. The zero-order valence-electron chi connectivity index (χ0n) is 23.5. The second-order valence-electron chi connectivity index (χ2n) is 10.1. The average molecular weight is 670 g/mol. The molecular formula is C30H30BrF3N9O+. The van der Waals surface area contributed by atoms with E-state index in [1.165, 1.54) is 30.9 Å². The van der Waals surface area contributed by atoms with Gasteiger partial charge in [-0.2, -0.15) is 18.4 Å². The van der Waals surface area contributed by atoms with Crippen molar-refractivity contribution in [3.05, 3.63) is 93.5 Å². The van der Waals surface area contributed by atoms with E-state index < -0.39 is 17.6 Å². The summed E-state index contributed by atoms with van der Waals surface area (Å²) in [4.78, 5) is 20.9. The summed E-state index contributed by atoms with van der Waals surface area (Å²) in [6.45, 7) is 0.161. The minimum Gasteiger partial charge on any atom is -0.307 e. The zero-order chi connectivity index (χ0) is 31.7. The normalized spacial score (nSPS) is 14.8. The average Bonchev–Trinajstić information content (AvgIpc) is 3.00. The first-order valence-electron chi connectivity index (χ1n) is 13.7. The Hall–Kier alpha value is -4.77. The van der Waals surface area contributed by atoms with E-state index in [9.17, 15) is 23.2 Å². The lowest BCUT2D eigenvalue weighted by Gasteiger charge is -2.27. The van der Waals surface area contributed by atoms with Crippen molar-refractivity contribution in [1.82, 2.24) is 5.32 Å². The number of benzene rings is 3. The summed E-state index contributed by atoms with van der Waals surface area (Å²) < 4.78 is 40.8. The molecule has 0 atom stereocenters. The topological polar surface area (TPSA) is 159 Å². The molecule has 4 rings (SSSR count). The van der Waals surface area contributed by atoms with Gasteiger partial charge in [0.05, 0.1) is 28.5 Å². The van der Waals surface area contributed by atoms with E-state index >= 15 is 0 Å². The molecule has 3 aromatic rings. The Morgan fingerprint density at radius 3 is 2.36 bits per heavy atom. The monoisotopic (exact) mass is 668 g/mol. The van der Waals surface area contributed by atoms with Crippen LogP contribution in [0.2, 0.25) is 0 Å². The van der Waals surface area contributed by atoms with Crippen molar-refractivity contribution in [3.8, 4) is 6.19 Å². The van der Waals surface area contributed by atoms with Gasteiger partial charge in [0.2, 0.25) is 5.96 Å². The van der Waals surface area contributed by atoms with Gasteiger partial charge in [0.15, 0.2) is 6.19 Å². The Bertz CT molecular complexity index is 1590. The molecular weight excluding hydrogens is 639 g/mol. The molecule has 0 aromatic heterocycles. The van der Waals surface area contributed by atoms with Crippen LogP contribution in [-0.2, 0) is 12.7 Å². The maximum Gasteiger partial charge on any atom is 0.416 e. The number of carbonyl (C=O) groups excluding carboxylic acids is 1. The number of halogens is 4. The van der Waals surface area contributed by atoms with Gasteiger partial charge >= 0.3 is 18.0 Å². The van der Waals surface area contributed by atoms with Crippen LogP contribution in [0.15, 0.2) is 86.5 Å². The molecule has 44 heavy (non-hydrogen) atoms. The van der Waals surface area contributed by atoms with Crippen molar-refractivity contribution < 1.29 is 23.0 Å². The fourth-order valence-corrected chi connectivity index (χ4v) is 5.48. The third kappa shape index (κ3) is 8.63. The van der Waals surface area contributed by atoms with Gasteiger partial charge in [0.25, 0.3) is 0 Å². The van der Waals surface area contributed by atoms with Gasteiger partial charge in [-0.3, -0.25) is 21.7 Å². The second kappa shape index (κ2) is 14.6. The first-order chi connectivity index (χ1) is 21.1. The lowest BCUT2D eigenvalue weighted by atomic mass is 9.84. The van der Waals surface area contributed by atoms with Crippen LogP contribution in [0.5, 0.6) is 0 Å². The van der Waals surface area contributed by atoms with Crippen LogP contribution < -0.4 is 26.8 Å². The molecule has 0 spiro atoms. The van der Waals surface area contributed by atoms with Gasteiger partial charge in [-0.15, -0.1) is 0 Å². The molecule has 1 aliphatic carbocycles. The Morgan fingerprint density at radius 2 is 1.75 bits per heavy atom. The Balaban J connectivity index is 1.72. The summed E-state index contributed by atoms with van der Waals surface area (Å²) in [5.74, 6) is 4.63. The van der Waals surface area contributed by atoms with Crippen LogP contribution in [0.3, 0.4) is 0 Å². The molecule has 228 valence electrons. The Labute approximate surface area is 260 Å². The van der Waals surface area contributed by atoms with Crippen LogP contribution in [0, 0.1) is 11.5 Å². The number of carbonyl (C=O) groups is 1. The predicted octanol–water partition coefficient (Wildman–Crippen LogP) is 5.14. The number of nitriles is 1. The van der Waals surface area contributed by atoms with Gasteiger partial charge in [0.1, 0.15) is 0 Å². The summed E-state index contributed by atoms with van der Waals surface area (Å²) in [6.07, 6.45) is 3.10. The van der Waals surface area contributed by atoms with E-state index in [-0.39, 0.29) is 34.2 Å². The van der Waals surface area contributed by atoms with Crippen LogP contribution in [0.4, 0.5) is 24.5 Å². The summed E-state index contributed by atoms with van der Waals surface area (Å²) in [5, 5.41) is 18.5.